The fourth-order valence-electron chi connectivity index (χ4n) is 1.80. The van der Waals surface area contributed by atoms with E-state index in [9.17, 15) is 14.0 Å². The summed E-state index contributed by atoms with van der Waals surface area (Å²) < 4.78 is 12.8. The maximum absolute atomic E-state index is 12.8. The van der Waals surface area contributed by atoms with Gasteiger partial charge in [0.05, 0.1) is 10.9 Å². The van der Waals surface area contributed by atoms with Crippen LogP contribution in [0.4, 0.5) is 10.1 Å². The third kappa shape index (κ3) is 2.34. The summed E-state index contributed by atoms with van der Waals surface area (Å²) in [4.78, 5) is 24.9. The maximum Gasteiger partial charge on any atom is 0.247 e. The first-order valence-corrected chi connectivity index (χ1v) is 6.42. The molecule has 1 aromatic carbocycles. The third-order valence-corrected chi connectivity index (χ3v) is 3.66. The van der Waals surface area contributed by atoms with Crippen molar-refractivity contribution >= 4 is 29.3 Å². The molecule has 0 bridgehead atoms. The summed E-state index contributed by atoms with van der Waals surface area (Å²) in [6, 6.07) is 5.39. The molecule has 0 saturated carbocycles. The van der Waals surface area contributed by atoms with Crippen LogP contribution in [0, 0.1) is 5.82 Å². The van der Waals surface area contributed by atoms with Crippen molar-refractivity contribution in [1.29, 1.82) is 0 Å². The molecule has 0 radical (unpaired) electrons. The van der Waals surface area contributed by atoms with E-state index in [0.29, 0.717) is 5.69 Å². The molecule has 0 spiro atoms. The van der Waals surface area contributed by atoms with Crippen molar-refractivity contribution in [3.05, 3.63) is 30.1 Å². The van der Waals surface area contributed by atoms with E-state index in [1.54, 1.807) is 0 Å². The van der Waals surface area contributed by atoms with Crippen LogP contribution in [-0.4, -0.2) is 22.8 Å². The van der Waals surface area contributed by atoms with Gasteiger partial charge in [-0.2, -0.15) is 0 Å². The quantitative estimate of drug-likeness (QED) is 0.775. The number of halogens is 1. The number of rotatable bonds is 3. The average Bonchev–Trinajstić information content (AvgIpc) is 2.57. The third-order valence-electron chi connectivity index (χ3n) is 2.56. The van der Waals surface area contributed by atoms with Crippen LogP contribution in [0.5, 0.6) is 0 Å². The summed E-state index contributed by atoms with van der Waals surface area (Å²) in [5.41, 5.74) is 0.445. The molecular weight excluding hydrogens is 241 g/mol. The monoisotopic (exact) mass is 253 g/mol. The normalized spacial score (nSPS) is 20.1. The predicted molar refractivity (Wildman–Crippen MR) is 65.4 cm³/mol. The van der Waals surface area contributed by atoms with Gasteiger partial charge in [-0.3, -0.25) is 9.59 Å². The Kier molecular flexibility index (Phi) is 3.47. The first-order valence-electron chi connectivity index (χ1n) is 5.37. The van der Waals surface area contributed by atoms with E-state index >= 15 is 0 Å². The van der Waals surface area contributed by atoms with Gasteiger partial charge in [-0.15, -0.1) is 11.8 Å². The smallest absolute Gasteiger partial charge is 0.247 e. The summed E-state index contributed by atoms with van der Waals surface area (Å²) in [6.45, 7) is 1.95. The Morgan fingerprint density at radius 3 is 2.59 bits per heavy atom. The zero-order valence-corrected chi connectivity index (χ0v) is 10.2. The number of anilines is 1. The maximum atomic E-state index is 12.8. The molecule has 2 rings (SSSR count). The highest BCUT2D eigenvalue weighted by molar-refractivity contribution is 8.00. The van der Waals surface area contributed by atoms with E-state index < -0.39 is 0 Å². The lowest BCUT2D eigenvalue weighted by molar-refractivity contribution is -0.121. The van der Waals surface area contributed by atoms with E-state index in [1.807, 2.05) is 6.92 Å². The minimum atomic E-state index is -0.382. The highest BCUT2D eigenvalue weighted by Crippen LogP contribution is 2.29. The second-order valence-corrected chi connectivity index (χ2v) is 5.17. The van der Waals surface area contributed by atoms with Crippen molar-refractivity contribution in [2.75, 3.05) is 10.7 Å². The molecule has 1 aliphatic rings. The van der Waals surface area contributed by atoms with Gasteiger partial charge in [0.2, 0.25) is 11.8 Å². The summed E-state index contributed by atoms with van der Waals surface area (Å²) in [7, 11) is 0. The molecule has 1 aromatic rings. The summed E-state index contributed by atoms with van der Waals surface area (Å²) in [5.74, 6) is -0.00523. The van der Waals surface area contributed by atoms with Crippen LogP contribution in [0.3, 0.4) is 0 Å². The summed E-state index contributed by atoms with van der Waals surface area (Å²) in [6.07, 6.45) is 0.231. The Balaban J connectivity index is 2.24. The molecule has 1 heterocycles. The van der Waals surface area contributed by atoms with E-state index in [0.717, 1.165) is 10.7 Å². The first-order chi connectivity index (χ1) is 8.13. The van der Waals surface area contributed by atoms with Crippen molar-refractivity contribution in [1.82, 2.24) is 0 Å². The SMILES string of the molecule is CCSC1CC(=O)N(c2ccc(F)cc2)C1=O. The fraction of sp³-hybridized carbons (Fsp3) is 0.333. The van der Waals surface area contributed by atoms with Crippen LogP contribution in [0.1, 0.15) is 13.3 Å². The number of hydrogen-bond donors (Lipinski definition) is 0. The number of thioether (sulfide) groups is 1. The van der Waals surface area contributed by atoms with Crippen LogP contribution in [0.2, 0.25) is 0 Å². The molecule has 1 saturated heterocycles. The van der Waals surface area contributed by atoms with Crippen molar-refractivity contribution < 1.29 is 14.0 Å². The lowest BCUT2D eigenvalue weighted by Gasteiger charge is -2.14. The second-order valence-electron chi connectivity index (χ2n) is 3.69. The number of carbonyl (C=O) groups excluding carboxylic acids is 2. The van der Waals surface area contributed by atoms with Gasteiger partial charge in [0, 0.05) is 6.42 Å². The van der Waals surface area contributed by atoms with Gasteiger partial charge in [-0.25, -0.2) is 9.29 Å². The Labute approximate surface area is 103 Å². The van der Waals surface area contributed by atoms with Crippen LogP contribution < -0.4 is 4.90 Å². The van der Waals surface area contributed by atoms with Gasteiger partial charge >= 0.3 is 0 Å². The topological polar surface area (TPSA) is 37.4 Å². The van der Waals surface area contributed by atoms with Crippen molar-refractivity contribution in [2.24, 2.45) is 0 Å². The van der Waals surface area contributed by atoms with Gasteiger partial charge in [0.1, 0.15) is 5.82 Å². The first kappa shape index (κ1) is 12.1. The molecule has 2 amide bonds. The van der Waals surface area contributed by atoms with Crippen molar-refractivity contribution in [2.45, 2.75) is 18.6 Å². The molecule has 1 atom stereocenters. The Bertz CT molecular complexity index is 446. The van der Waals surface area contributed by atoms with E-state index in [4.69, 9.17) is 0 Å². The van der Waals surface area contributed by atoms with Crippen LogP contribution >= 0.6 is 11.8 Å². The number of nitrogens with zero attached hydrogens (tertiary/aromatic N) is 1. The molecule has 0 aromatic heterocycles. The van der Waals surface area contributed by atoms with Crippen LogP contribution in [0.15, 0.2) is 24.3 Å². The average molecular weight is 253 g/mol. The molecule has 90 valence electrons. The number of benzene rings is 1. The number of hydrogen-bond acceptors (Lipinski definition) is 3. The van der Waals surface area contributed by atoms with E-state index in [2.05, 4.69) is 0 Å². The number of imide groups is 1. The number of amides is 2. The number of carbonyl (C=O) groups is 2. The zero-order chi connectivity index (χ0) is 12.4. The largest absolute Gasteiger partial charge is 0.274 e. The predicted octanol–water partition coefficient (Wildman–Crippen LogP) is 2.21. The standard InChI is InChI=1S/C12H12FNO2S/c1-2-17-10-7-11(15)14(12(10)16)9-5-3-8(13)4-6-9/h3-6,10H,2,7H2,1H3. The van der Waals surface area contributed by atoms with Crippen LogP contribution in [0.25, 0.3) is 0 Å². The molecule has 1 fully saturated rings. The Hall–Kier alpha value is -1.36. The van der Waals surface area contributed by atoms with Gasteiger partial charge in [0.15, 0.2) is 0 Å². The molecule has 0 aliphatic carbocycles. The summed E-state index contributed by atoms with van der Waals surface area (Å²) >= 11 is 1.47. The van der Waals surface area contributed by atoms with Crippen LogP contribution in [-0.2, 0) is 9.59 Å². The highest BCUT2D eigenvalue weighted by atomic mass is 32.2. The van der Waals surface area contributed by atoms with Gasteiger partial charge < -0.3 is 0 Å². The highest BCUT2D eigenvalue weighted by Gasteiger charge is 2.39. The summed E-state index contributed by atoms with van der Waals surface area (Å²) in [5, 5.41) is -0.294. The molecule has 3 nitrogen and oxygen atoms in total. The molecular formula is C12H12FNO2S. The van der Waals surface area contributed by atoms with E-state index in [-0.39, 0.29) is 29.3 Å². The minimum absolute atomic E-state index is 0.201. The Morgan fingerprint density at radius 1 is 1.35 bits per heavy atom. The lowest BCUT2D eigenvalue weighted by Crippen LogP contribution is -2.31. The van der Waals surface area contributed by atoms with Crippen molar-refractivity contribution in [3.63, 3.8) is 0 Å². The Morgan fingerprint density at radius 2 is 2.00 bits per heavy atom. The molecule has 0 N–H and O–H groups in total. The fourth-order valence-corrected chi connectivity index (χ4v) is 2.71. The lowest BCUT2D eigenvalue weighted by atomic mass is 10.3. The molecule has 1 unspecified atom stereocenters. The van der Waals surface area contributed by atoms with Gasteiger partial charge in [-0.05, 0) is 30.0 Å². The van der Waals surface area contributed by atoms with Gasteiger partial charge in [0.25, 0.3) is 0 Å². The molecule has 17 heavy (non-hydrogen) atoms. The van der Waals surface area contributed by atoms with E-state index in [1.165, 1.54) is 36.0 Å². The molecule has 5 heteroatoms. The van der Waals surface area contributed by atoms with Crippen molar-refractivity contribution in [3.8, 4) is 0 Å². The zero-order valence-electron chi connectivity index (χ0n) is 9.35. The second kappa shape index (κ2) is 4.87. The molecule has 1 aliphatic heterocycles. The van der Waals surface area contributed by atoms with Gasteiger partial charge in [-0.1, -0.05) is 6.92 Å². The minimum Gasteiger partial charge on any atom is -0.274 e.